The molecular formula is C38H62GeN2. The van der Waals surface area contributed by atoms with Gasteiger partial charge >= 0.3 is 259 Å². The van der Waals surface area contributed by atoms with Gasteiger partial charge in [-0.05, 0) is 0 Å². The van der Waals surface area contributed by atoms with Gasteiger partial charge in [0.15, 0.2) is 0 Å². The molecule has 0 saturated carbocycles. The molecule has 0 saturated heterocycles. The van der Waals surface area contributed by atoms with Gasteiger partial charge in [-0.2, -0.15) is 0 Å². The number of rotatable bonds is 10. The summed E-state index contributed by atoms with van der Waals surface area (Å²) in [6.07, 6.45) is 4.97. The van der Waals surface area contributed by atoms with Crippen molar-refractivity contribution in [2.45, 2.75) is 158 Å². The van der Waals surface area contributed by atoms with Crippen molar-refractivity contribution in [1.29, 1.82) is 0 Å². The summed E-state index contributed by atoms with van der Waals surface area (Å²) in [6, 6.07) is 11.2. The van der Waals surface area contributed by atoms with Crippen LogP contribution >= 0.6 is 0 Å². The Balaban J connectivity index is 2.79. The summed E-state index contributed by atoms with van der Waals surface area (Å²) in [5.41, 5.74) is 9.30. The minimum absolute atomic E-state index is 0.407. The fourth-order valence-electron chi connectivity index (χ4n) is 6.94. The molecule has 0 spiro atoms. The molecule has 2 aromatic carbocycles. The second-order valence-electron chi connectivity index (χ2n) is 15.0. The molecule has 1 aliphatic rings. The number of hydrogen-bond acceptors (Lipinski definition) is 2. The van der Waals surface area contributed by atoms with Crippen LogP contribution in [0.1, 0.15) is 180 Å². The molecule has 0 radical (unpaired) electrons. The zero-order valence-electron chi connectivity index (χ0n) is 29.5. The topological polar surface area (TPSA) is 6.48 Å². The molecule has 3 heteroatoms. The third-order valence-electron chi connectivity index (χ3n) is 9.21. The van der Waals surface area contributed by atoms with Gasteiger partial charge in [0.25, 0.3) is 0 Å². The second kappa shape index (κ2) is 12.9. The normalized spacial score (nSPS) is 15.6. The van der Waals surface area contributed by atoms with Crippen LogP contribution in [-0.4, -0.2) is 33.5 Å². The van der Waals surface area contributed by atoms with Crippen LogP contribution < -0.4 is 8.79 Å². The van der Waals surface area contributed by atoms with E-state index in [1.807, 2.05) is 0 Å². The second-order valence-corrected chi connectivity index (χ2v) is 22.1. The van der Waals surface area contributed by atoms with Gasteiger partial charge in [0.1, 0.15) is 0 Å². The summed E-state index contributed by atoms with van der Waals surface area (Å²) in [4.78, 5) is 0. The van der Waals surface area contributed by atoms with Crippen molar-refractivity contribution in [3.8, 4) is 0 Å². The van der Waals surface area contributed by atoms with Gasteiger partial charge in [-0.25, -0.2) is 0 Å². The predicted molar refractivity (Wildman–Crippen MR) is 186 cm³/mol. The Labute approximate surface area is 257 Å². The van der Waals surface area contributed by atoms with Gasteiger partial charge in [0.2, 0.25) is 0 Å². The molecule has 3 rings (SSSR count). The quantitative estimate of drug-likeness (QED) is 0.244. The first-order chi connectivity index (χ1) is 19.0. The van der Waals surface area contributed by atoms with Crippen LogP contribution in [-0.2, 0) is 0 Å². The molecule has 0 N–H and O–H groups in total. The Bertz CT molecular complexity index is 1080. The van der Waals surface area contributed by atoms with Crippen molar-refractivity contribution < 1.29 is 0 Å². The molecule has 0 fully saturated rings. The molecule has 228 valence electrons. The van der Waals surface area contributed by atoms with Crippen molar-refractivity contribution in [1.82, 2.24) is 7.71 Å². The van der Waals surface area contributed by atoms with E-state index < -0.39 is 13.7 Å². The maximum absolute atomic E-state index is 3.57. The van der Waals surface area contributed by atoms with Gasteiger partial charge in [0.05, 0.1) is 0 Å². The minimum atomic E-state index is -3.57. The molecule has 1 heterocycles. The van der Waals surface area contributed by atoms with Crippen LogP contribution in [0.5, 0.6) is 0 Å². The fourth-order valence-corrected chi connectivity index (χ4v) is 20.9. The zero-order chi connectivity index (χ0) is 31.1. The van der Waals surface area contributed by atoms with Crippen molar-refractivity contribution in [2.24, 2.45) is 0 Å². The summed E-state index contributed by atoms with van der Waals surface area (Å²) < 4.78 is 9.19. The van der Waals surface area contributed by atoms with E-state index in [0.717, 1.165) is 0 Å². The molecule has 0 aliphatic carbocycles. The van der Waals surface area contributed by atoms with Gasteiger partial charge in [-0.1, -0.05) is 0 Å². The Morgan fingerprint density at radius 1 is 0.390 bits per heavy atom. The maximum atomic E-state index is 2.89. The van der Waals surface area contributed by atoms with Gasteiger partial charge in [-0.15, -0.1) is 0 Å². The summed E-state index contributed by atoms with van der Waals surface area (Å²) in [6.45, 7) is 38.6. The fraction of sp³-hybridized carbons (Fsp3) is 0.632. The van der Waals surface area contributed by atoms with Crippen molar-refractivity contribution in [3.63, 3.8) is 0 Å². The van der Waals surface area contributed by atoms with Crippen LogP contribution in [0.4, 0.5) is 0 Å². The zero-order valence-corrected chi connectivity index (χ0v) is 31.6. The molecule has 0 bridgehead atoms. The van der Waals surface area contributed by atoms with E-state index in [4.69, 9.17) is 0 Å². The van der Waals surface area contributed by atoms with Crippen LogP contribution in [0.2, 0.25) is 0 Å². The van der Waals surface area contributed by atoms with Gasteiger partial charge in [-0.3, -0.25) is 0 Å². The van der Waals surface area contributed by atoms with Crippen molar-refractivity contribution in [2.75, 3.05) is 0 Å². The molecule has 0 aromatic heterocycles. The number of nitrogens with zero attached hydrogens (tertiary/aromatic N) is 2. The summed E-state index contributed by atoms with van der Waals surface area (Å²) in [5, 5.41) is 0. The number of hydrogen-bond donors (Lipinski definition) is 0. The predicted octanol–water partition coefficient (Wildman–Crippen LogP) is 9.89. The molecule has 2 nitrogen and oxygen atoms in total. The summed E-state index contributed by atoms with van der Waals surface area (Å²) in [7, 11) is 0. The SMILES string of the molecule is CC(C)c1cc(C(C)C)[c]([Ge]2([c]3c(C(C)C)cc(C(C)C)cc3C(C)C)[N](C(C)C)C=C[N]2C(C)C)c(C(C)C)c1. The standard InChI is InChI=1S/C38H62GeN2/c1-23(2)31-19-33(25(5)6)37(34(20-31)26(7)8)39(40(29(13)14)17-18-41(39)30(15)16)38-35(27(9)10)21-32(24(3)4)22-36(38)28(11)12/h17-30H,1-16H3. The average molecular weight is 620 g/mol. The molecule has 41 heavy (non-hydrogen) atoms. The molecular weight excluding hydrogens is 557 g/mol. The third-order valence-corrected chi connectivity index (χ3v) is 20.5. The molecule has 0 amide bonds. The first-order valence-corrected chi connectivity index (χ1v) is 20.6. The summed E-state index contributed by atoms with van der Waals surface area (Å²) in [5.74, 6) is 2.82. The van der Waals surface area contributed by atoms with E-state index in [2.05, 4.69) is 155 Å². The van der Waals surface area contributed by atoms with Crippen LogP contribution in [0.15, 0.2) is 36.7 Å². The van der Waals surface area contributed by atoms with Crippen molar-refractivity contribution in [3.05, 3.63) is 70.0 Å². The van der Waals surface area contributed by atoms with Gasteiger partial charge in [0, 0.05) is 0 Å². The van der Waals surface area contributed by atoms with E-state index in [9.17, 15) is 0 Å². The average Bonchev–Trinajstić information content (AvgIpc) is 3.28. The first kappa shape index (κ1) is 33.8. The Morgan fingerprint density at radius 3 is 0.805 bits per heavy atom. The molecule has 0 unspecified atom stereocenters. The van der Waals surface area contributed by atoms with E-state index in [1.54, 1.807) is 31.0 Å². The Morgan fingerprint density at radius 2 is 0.634 bits per heavy atom. The van der Waals surface area contributed by atoms with Crippen molar-refractivity contribution >= 4 is 22.5 Å². The number of benzene rings is 2. The Kier molecular flexibility index (Phi) is 10.6. The molecule has 0 atom stereocenters. The molecule has 1 aliphatic heterocycles. The van der Waals surface area contributed by atoms with E-state index in [0.29, 0.717) is 47.6 Å². The first-order valence-electron chi connectivity index (χ1n) is 16.6. The monoisotopic (exact) mass is 620 g/mol. The van der Waals surface area contributed by atoms with Gasteiger partial charge < -0.3 is 0 Å². The molecule has 2 aromatic rings. The Hall–Kier alpha value is -1.68. The van der Waals surface area contributed by atoms with E-state index in [1.165, 1.54) is 11.1 Å². The van der Waals surface area contributed by atoms with Crippen LogP contribution in [0, 0.1) is 0 Å². The van der Waals surface area contributed by atoms with Crippen LogP contribution in [0.3, 0.4) is 0 Å². The summed E-state index contributed by atoms with van der Waals surface area (Å²) >= 11 is -3.57. The van der Waals surface area contributed by atoms with E-state index >= 15 is 0 Å². The third kappa shape index (κ3) is 6.06. The van der Waals surface area contributed by atoms with E-state index in [-0.39, 0.29) is 0 Å². The van der Waals surface area contributed by atoms with Crippen LogP contribution in [0.25, 0.3) is 0 Å².